The maximum absolute atomic E-state index is 13.1. The second-order valence-corrected chi connectivity index (χ2v) is 8.49. The first-order chi connectivity index (χ1) is 12.9. The third-order valence-electron chi connectivity index (χ3n) is 4.46. The number of aromatic nitrogens is 2. The molecule has 1 aliphatic heterocycles. The summed E-state index contributed by atoms with van der Waals surface area (Å²) in [6.45, 7) is 6.87. The smallest absolute Gasteiger partial charge is 0.243 e. The van der Waals surface area contributed by atoms with E-state index in [2.05, 4.69) is 9.97 Å². The van der Waals surface area contributed by atoms with E-state index >= 15 is 0 Å². The third kappa shape index (κ3) is 4.56. The van der Waals surface area contributed by atoms with Crippen molar-refractivity contribution in [2.24, 2.45) is 0 Å². The Morgan fingerprint density at radius 3 is 2.78 bits per heavy atom. The molecule has 1 fully saturated rings. The summed E-state index contributed by atoms with van der Waals surface area (Å²) in [7, 11) is -3.58. The molecular weight excluding hydrogens is 366 g/mol. The molecule has 0 amide bonds. The molecular formula is C19H25N3O4S. The molecule has 7 nitrogen and oxygen atoms in total. The van der Waals surface area contributed by atoms with Crippen molar-refractivity contribution >= 4 is 10.0 Å². The summed E-state index contributed by atoms with van der Waals surface area (Å²) in [5, 5.41) is 0. The molecule has 1 aliphatic rings. The van der Waals surface area contributed by atoms with Gasteiger partial charge in [0.2, 0.25) is 15.9 Å². The highest BCUT2D eigenvalue weighted by Gasteiger charge is 2.31. The molecule has 0 radical (unpaired) electrons. The maximum Gasteiger partial charge on any atom is 0.243 e. The molecule has 1 saturated heterocycles. The van der Waals surface area contributed by atoms with Crippen molar-refractivity contribution in [1.29, 1.82) is 0 Å². The van der Waals surface area contributed by atoms with Crippen molar-refractivity contribution in [3.63, 3.8) is 0 Å². The molecule has 2 aromatic rings. The van der Waals surface area contributed by atoms with E-state index in [0.717, 1.165) is 18.4 Å². The Morgan fingerprint density at radius 2 is 2.07 bits per heavy atom. The molecule has 0 bridgehead atoms. The summed E-state index contributed by atoms with van der Waals surface area (Å²) in [5.74, 6) is 1.80. The second kappa shape index (κ2) is 8.22. The van der Waals surface area contributed by atoms with Crippen molar-refractivity contribution in [3.05, 3.63) is 41.9 Å². The average Bonchev–Trinajstić information content (AvgIpc) is 2.64. The third-order valence-corrected chi connectivity index (χ3v) is 6.32. The average molecular weight is 391 g/mol. The van der Waals surface area contributed by atoms with Gasteiger partial charge in [0, 0.05) is 18.8 Å². The summed E-state index contributed by atoms with van der Waals surface area (Å²) >= 11 is 0. The van der Waals surface area contributed by atoms with Crippen LogP contribution in [0.25, 0.3) is 0 Å². The van der Waals surface area contributed by atoms with Gasteiger partial charge in [-0.1, -0.05) is 0 Å². The molecule has 27 heavy (non-hydrogen) atoms. The van der Waals surface area contributed by atoms with Crippen molar-refractivity contribution in [1.82, 2.24) is 14.3 Å². The number of nitrogens with zero attached hydrogens (tertiary/aromatic N) is 3. The highest BCUT2D eigenvalue weighted by molar-refractivity contribution is 7.89. The van der Waals surface area contributed by atoms with Crippen molar-refractivity contribution in [3.8, 4) is 11.6 Å². The predicted octanol–water partition coefficient (Wildman–Crippen LogP) is 2.72. The summed E-state index contributed by atoms with van der Waals surface area (Å²) in [5.41, 5.74) is 0.805. The van der Waals surface area contributed by atoms with Gasteiger partial charge in [0.25, 0.3) is 0 Å². The fourth-order valence-electron chi connectivity index (χ4n) is 3.14. The van der Waals surface area contributed by atoms with Gasteiger partial charge in [-0.25, -0.2) is 13.4 Å². The highest BCUT2D eigenvalue weighted by atomic mass is 32.2. The normalized spacial score (nSPS) is 18.3. The first-order valence-electron chi connectivity index (χ1n) is 9.10. The van der Waals surface area contributed by atoms with Crippen molar-refractivity contribution < 1.29 is 17.9 Å². The minimum atomic E-state index is -3.58. The zero-order valence-corrected chi connectivity index (χ0v) is 16.7. The Kier molecular flexibility index (Phi) is 5.96. The largest absolute Gasteiger partial charge is 0.494 e. The van der Waals surface area contributed by atoms with Gasteiger partial charge in [-0.05, 0) is 57.4 Å². The predicted molar refractivity (Wildman–Crippen MR) is 102 cm³/mol. The molecule has 3 rings (SSSR count). The summed E-state index contributed by atoms with van der Waals surface area (Å²) < 4.78 is 39.0. The lowest BCUT2D eigenvalue weighted by molar-refractivity contribution is 0.124. The lowest BCUT2D eigenvalue weighted by atomic mass is 10.1. The molecule has 1 unspecified atom stereocenters. The lowest BCUT2D eigenvalue weighted by Crippen LogP contribution is -2.44. The van der Waals surface area contributed by atoms with E-state index in [4.69, 9.17) is 9.47 Å². The van der Waals surface area contributed by atoms with Crippen LogP contribution in [-0.4, -0.2) is 48.5 Å². The van der Waals surface area contributed by atoms with E-state index in [0.29, 0.717) is 37.2 Å². The number of piperidine rings is 1. The van der Waals surface area contributed by atoms with Crippen LogP contribution in [-0.2, 0) is 10.0 Å². The number of rotatable bonds is 6. The molecule has 0 N–H and O–H groups in total. The van der Waals surface area contributed by atoms with Crippen LogP contribution in [0.3, 0.4) is 0 Å². The minimum Gasteiger partial charge on any atom is -0.494 e. The fourth-order valence-corrected chi connectivity index (χ4v) is 4.74. The number of hydrogen-bond donors (Lipinski definition) is 0. The molecule has 2 heterocycles. The van der Waals surface area contributed by atoms with Crippen LogP contribution in [0.4, 0.5) is 0 Å². The summed E-state index contributed by atoms with van der Waals surface area (Å²) in [4.78, 5) is 8.56. The first kappa shape index (κ1) is 19.6. The van der Waals surface area contributed by atoms with E-state index in [-0.39, 0.29) is 11.0 Å². The highest BCUT2D eigenvalue weighted by Crippen LogP contribution is 2.27. The Hall–Kier alpha value is -2.19. The first-order valence-corrected chi connectivity index (χ1v) is 10.5. The lowest BCUT2D eigenvalue weighted by Gasteiger charge is -2.32. The molecule has 0 spiro atoms. The van der Waals surface area contributed by atoms with Crippen LogP contribution >= 0.6 is 0 Å². The van der Waals surface area contributed by atoms with Crippen LogP contribution in [0, 0.1) is 13.8 Å². The topological polar surface area (TPSA) is 81.6 Å². The maximum atomic E-state index is 13.1. The van der Waals surface area contributed by atoms with Crippen LogP contribution in [0.2, 0.25) is 0 Å². The van der Waals surface area contributed by atoms with Gasteiger partial charge in [-0.15, -0.1) is 0 Å². The molecule has 1 atom stereocenters. The Morgan fingerprint density at radius 1 is 1.26 bits per heavy atom. The van der Waals surface area contributed by atoms with Crippen LogP contribution in [0.5, 0.6) is 11.6 Å². The van der Waals surface area contributed by atoms with Gasteiger partial charge >= 0.3 is 0 Å². The Balaban J connectivity index is 1.75. The zero-order chi connectivity index (χ0) is 19.4. The van der Waals surface area contributed by atoms with Crippen molar-refractivity contribution in [2.75, 3.05) is 19.7 Å². The van der Waals surface area contributed by atoms with Gasteiger partial charge in [0.1, 0.15) is 17.7 Å². The Labute approximate surface area is 160 Å². The Bertz CT molecular complexity index is 902. The standard InChI is InChI=1S/C19H25N3O4S/c1-4-25-18-8-7-17(12-14(18)2)27(23,24)22-11-5-6-16(13-22)26-19-9-10-20-15(3)21-19/h7-10,12,16H,4-6,11,13H2,1-3H3. The minimum absolute atomic E-state index is 0.230. The van der Waals surface area contributed by atoms with Gasteiger partial charge in [0.05, 0.1) is 18.0 Å². The number of ether oxygens (including phenoxy) is 2. The van der Waals surface area contributed by atoms with Crippen molar-refractivity contribution in [2.45, 2.75) is 44.6 Å². The van der Waals surface area contributed by atoms with Gasteiger partial charge in [0.15, 0.2) is 0 Å². The summed E-state index contributed by atoms with van der Waals surface area (Å²) in [6, 6.07) is 6.67. The second-order valence-electron chi connectivity index (χ2n) is 6.55. The molecule has 1 aromatic carbocycles. The van der Waals surface area contributed by atoms with E-state index in [1.54, 1.807) is 37.4 Å². The van der Waals surface area contributed by atoms with Crippen LogP contribution < -0.4 is 9.47 Å². The van der Waals surface area contributed by atoms with Gasteiger partial charge < -0.3 is 9.47 Å². The van der Waals surface area contributed by atoms with Gasteiger partial charge in [-0.2, -0.15) is 9.29 Å². The zero-order valence-electron chi connectivity index (χ0n) is 15.9. The van der Waals surface area contributed by atoms with E-state index in [1.165, 1.54) is 4.31 Å². The summed E-state index contributed by atoms with van der Waals surface area (Å²) in [6.07, 6.45) is 2.94. The number of hydrogen-bond acceptors (Lipinski definition) is 6. The van der Waals surface area contributed by atoms with Crippen LogP contribution in [0.15, 0.2) is 35.4 Å². The molecule has 146 valence electrons. The monoisotopic (exact) mass is 391 g/mol. The number of benzene rings is 1. The molecule has 0 saturated carbocycles. The number of sulfonamides is 1. The SMILES string of the molecule is CCOc1ccc(S(=O)(=O)N2CCCC(Oc3ccnc(C)n3)C2)cc1C. The van der Waals surface area contributed by atoms with E-state index < -0.39 is 10.0 Å². The molecule has 1 aromatic heterocycles. The molecule has 8 heteroatoms. The van der Waals surface area contributed by atoms with E-state index in [9.17, 15) is 8.42 Å². The van der Waals surface area contributed by atoms with Gasteiger partial charge in [-0.3, -0.25) is 0 Å². The molecule has 0 aliphatic carbocycles. The van der Waals surface area contributed by atoms with E-state index in [1.807, 2.05) is 13.8 Å². The van der Waals surface area contributed by atoms with Crippen LogP contribution in [0.1, 0.15) is 31.2 Å². The quantitative estimate of drug-likeness (QED) is 0.753. The fraction of sp³-hybridized carbons (Fsp3) is 0.474. The number of aryl methyl sites for hydroxylation is 2.